The molecular weight excluding hydrogens is 310 g/mol. The van der Waals surface area contributed by atoms with Crippen molar-refractivity contribution in [1.82, 2.24) is 5.32 Å². The molecule has 0 aromatic heterocycles. The highest BCUT2D eigenvalue weighted by Gasteiger charge is 2.24. The topological polar surface area (TPSA) is 12.0 Å². The standard InChI is InChI=1S/C18H28BrN/c1-2-12-20-14-18(15-8-5-3-4-6-9-15)16-10-7-11-17(19)13-16/h7,10-11,13,15,18,20H,2-6,8-9,12,14H2,1H3. The van der Waals surface area contributed by atoms with Gasteiger partial charge in [-0.25, -0.2) is 0 Å². The highest BCUT2D eigenvalue weighted by Crippen LogP contribution is 2.35. The van der Waals surface area contributed by atoms with Crippen molar-refractivity contribution in [3.8, 4) is 0 Å². The molecule has 1 aromatic carbocycles. The van der Waals surface area contributed by atoms with E-state index in [9.17, 15) is 0 Å². The fourth-order valence-corrected chi connectivity index (χ4v) is 3.86. The lowest BCUT2D eigenvalue weighted by atomic mass is 9.81. The van der Waals surface area contributed by atoms with Gasteiger partial charge in [-0.15, -0.1) is 0 Å². The van der Waals surface area contributed by atoms with Gasteiger partial charge in [-0.3, -0.25) is 0 Å². The van der Waals surface area contributed by atoms with Crippen LogP contribution in [0.2, 0.25) is 0 Å². The van der Waals surface area contributed by atoms with Crippen molar-refractivity contribution in [2.75, 3.05) is 13.1 Å². The van der Waals surface area contributed by atoms with Crippen LogP contribution in [-0.4, -0.2) is 13.1 Å². The van der Waals surface area contributed by atoms with Crippen molar-refractivity contribution in [1.29, 1.82) is 0 Å². The second kappa shape index (κ2) is 8.84. The average molecular weight is 338 g/mol. The van der Waals surface area contributed by atoms with Gasteiger partial charge in [-0.05, 0) is 55.3 Å². The van der Waals surface area contributed by atoms with Gasteiger partial charge >= 0.3 is 0 Å². The molecule has 1 aliphatic carbocycles. The van der Waals surface area contributed by atoms with Crippen LogP contribution in [0.1, 0.15) is 63.4 Å². The lowest BCUT2D eigenvalue weighted by Crippen LogP contribution is -2.27. The van der Waals surface area contributed by atoms with Crippen LogP contribution in [0, 0.1) is 5.92 Å². The summed E-state index contributed by atoms with van der Waals surface area (Å²) in [5.41, 5.74) is 1.51. The predicted octanol–water partition coefficient (Wildman–Crippen LogP) is 5.50. The fraction of sp³-hybridized carbons (Fsp3) is 0.667. The van der Waals surface area contributed by atoms with E-state index >= 15 is 0 Å². The van der Waals surface area contributed by atoms with Gasteiger partial charge in [0, 0.05) is 11.0 Å². The molecule has 1 saturated carbocycles. The Kier molecular flexibility index (Phi) is 7.09. The van der Waals surface area contributed by atoms with Gasteiger partial charge in [0.1, 0.15) is 0 Å². The molecule has 0 saturated heterocycles. The molecule has 2 heteroatoms. The molecule has 0 heterocycles. The average Bonchev–Trinajstić information content (AvgIpc) is 2.72. The zero-order chi connectivity index (χ0) is 14.2. The molecule has 0 aliphatic heterocycles. The molecule has 1 atom stereocenters. The minimum absolute atomic E-state index is 0.678. The Bertz CT molecular complexity index is 383. The zero-order valence-electron chi connectivity index (χ0n) is 12.7. The first kappa shape index (κ1) is 16.0. The molecule has 0 bridgehead atoms. The summed E-state index contributed by atoms with van der Waals surface area (Å²) in [7, 11) is 0. The van der Waals surface area contributed by atoms with E-state index in [0.717, 1.165) is 19.0 Å². The number of benzene rings is 1. The second-order valence-electron chi connectivity index (χ2n) is 6.12. The van der Waals surface area contributed by atoms with Gasteiger partial charge in [-0.2, -0.15) is 0 Å². The van der Waals surface area contributed by atoms with Crippen molar-refractivity contribution in [3.05, 3.63) is 34.3 Å². The summed E-state index contributed by atoms with van der Waals surface area (Å²) < 4.78 is 1.21. The van der Waals surface area contributed by atoms with Gasteiger partial charge in [0.25, 0.3) is 0 Å². The van der Waals surface area contributed by atoms with Crippen molar-refractivity contribution < 1.29 is 0 Å². The molecule has 0 spiro atoms. The maximum absolute atomic E-state index is 3.66. The highest BCUT2D eigenvalue weighted by atomic mass is 79.9. The third kappa shape index (κ3) is 4.89. The molecule has 1 aliphatic rings. The first-order valence-corrected chi connectivity index (χ1v) is 9.06. The lowest BCUT2D eigenvalue weighted by Gasteiger charge is -2.27. The van der Waals surface area contributed by atoms with Gasteiger partial charge in [-0.1, -0.05) is 60.7 Å². The lowest BCUT2D eigenvalue weighted by molar-refractivity contribution is 0.361. The smallest absolute Gasteiger partial charge is 0.0178 e. The first-order chi connectivity index (χ1) is 9.81. The minimum atomic E-state index is 0.678. The maximum Gasteiger partial charge on any atom is 0.0178 e. The molecule has 1 nitrogen and oxygen atoms in total. The van der Waals surface area contributed by atoms with Gasteiger partial charge in [0.05, 0.1) is 0 Å². The number of nitrogens with one attached hydrogen (secondary N) is 1. The van der Waals surface area contributed by atoms with E-state index in [-0.39, 0.29) is 0 Å². The van der Waals surface area contributed by atoms with Crippen LogP contribution in [0.25, 0.3) is 0 Å². The van der Waals surface area contributed by atoms with Crippen LogP contribution in [0.4, 0.5) is 0 Å². The Hall–Kier alpha value is -0.340. The minimum Gasteiger partial charge on any atom is -0.316 e. The van der Waals surface area contributed by atoms with E-state index in [1.807, 2.05) is 0 Å². The van der Waals surface area contributed by atoms with E-state index in [2.05, 4.69) is 52.4 Å². The molecule has 0 radical (unpaired) electrons. The predicted molar refractivity (Wildman–Crippen MR) is 91.2 cm³/mol. The van der Waals surface area contributed by atoms with Crippen LogP contribution >= 0.6 is 15.9 Å². The van der Waals surface area contributed by atoms with Crippen LogP contribution in [0.5, 0.6) is 0 Å². The quantitative estimate of drug-likeness (QED) is 0.533. The molecule has 20 heavy (non-hydrogen) atoms. The van der Waals surface area contributed by atoms with Crippen LogP contribution in [0.15, 0.2) is 28.7 Å². The second-order valence-corrected chi connectivity index (χ2v) is 7.03. The summed E-state index contributed by atoms with van der Waals surface area (Å²) >= 11 is 3.63. The third-order valence-electron chi connectivity index (χ3n) is 4.54. The number of halogens is 1. The zero-order valence-corrected chi connectivity index (χ0v) is 14.3. The molecule has 0 amide bonds. The van der Waals surface area contributed by atoms with Crippen molar-refractivity contribution in [2.24, 2.45) is 5.92 Å². The normalized spacial score (nSPS) is 18.7. The molecule has 2 rings (SSSR count). The van der Waals surface area contributed by atoms with Crippen molar-refractivity contribution in [2.45, 2.75) is 57.8 Å². The van der Waals surface area contributed by atoms with Gasteiger partial charge < -0.3 is 5.32 Å². The van der Waals surface area contributed by atoms with E-state index in [1.165, 1.54) is 55.0 Å². The first-order valence-electron chi connectivity index (χ1n) is 8.27. The molecule has 1 fully saturated rings. The Labute approximate surface area is 132 Å². The van der Waals surface area contributed by atoms with E-state index in [4.69, 9.17) is 0 Å². The van der Waals surface area contributed by atoms with E-state index in [0.29, 0.717) is 5.92 Å². The van der Waals surface area contributed by atoms with Crippen molar-refractivity contribution >= 4 is 15.9 Å². The van der Waals surface area contributed by atoms with Crippen LogP contribution in [-0.2, 0) is 0 Å². The van der Waals surface area contributed by atoms with E-state index in [1.54, 1.807) is 0 Å². The van der Waals surface area contributed by atoms with Crippen molar-refractivity contribution in [3.63, 3.8) is 0 Å². The van der Waals surface area contributed by atoms with Crippen LogP contribution < -0.4 is 5.32 Å². The SMILES string of the molecule is CCCNCC(c1cccc(Br)c1)C1CCCCCC1. The summed E-state index contributed by atoms with van der Waals surface area (Å²) in [6, 6.07) is 8.95. The summed E-state index contributed by atoms with van der Waals surface area (Å²) in [4.78, 5) is 0. The number of rotatable bonds is 6. The number of hydrogen-bond donors (Lipinski definition) is 1. The van der Waals surface area contributed by atoms with Gasteiger partial charge in [0.15, 0.2) is 0 Å². The fourth-order valence-electron chi connectivity index (χ4n) is 3.44. The molecular formula is C18H28BrN. The third-order valence-corrected chi connectivity index (χ3v) is 5.03. The Morgan fingerprint density at radius 3 is 2.60 bits per heavy atom. The summed E-state index contributed by atoms with van der Waals surface area (Å²) in [6.45, 7) is 4.51. The molecule has 1 N–H and O–H groups in total. The summed E-state index contributed by atoms with van der Waals surface area (Å²) in [5.74, 6) is 1.54. The van der Waals surface area contributed by atoms with Gasteiger partial charge in [0.2, 0.25) is 0 Å². The molecule has 1 unspecified atom stereocenters. The van der Waals surface area contributed by atoms with Crippen LogP contribution in [0.3, 0.4) is 0 Å². The maximum atomic E-state index is 3.66. The molecule has 1 aromatic rings. The van der Waals surface area contributed by atoms with E-state index < -0.39 is 0 Å². The summed E-state index contributed by atoms with van der Waals surface area (Å²) in [6.07, 6.45) is 9.74. The number of hydrogen-bond acceptors (Lipinski definition) is 1. The Morgan fingerprint density at radius 2 is 1.95 bits per heavy atom. The summed E-state index contributed by atoms with van der Waals surface area (Å²) in [5, 5.41) is 3.66. The largest absolute Gasteiger partial charge is 0.316 e. The monoisotopic (exact) mass is 337 g/mol. The Balaban J connectivity index is 2.10. The highest BCUT2D eigenvalue weighted by molar-refractivity contribution is 9.10. The molecule has 112 valence electrons. The Morgan fingerprint density at radius 1 is 1.20 bits per heavy atom.